The molecule has 1 aromatic heterocycles. The summed E-state index contributed by atoms with van der Waals surface area (Å²) in [6.45, 7) is 5.97. The Kier molecular flexibility index (Phi) is 4.68. The Morgan fingerprint density at radius 3 is 2.75 bits per heavy atom. The summed E-state index contributed by atoms with van der Waals surface area (Å²) >= 11 is 3.35. The van der Waals surface area contributed by atoms with Gasteiger partial charge in [-0.3, -0.25) is 9.48 Å². The van der Waals surface area contributed by atoms with Crippen molar-refractivity contribution < 1.29 is 4.79 Å². The smallest absolute Gasteiger partial charge is 0.183 e. The lowest BCUT2D eigenvalue weighted by Gasteiger charge is -2.12. The molecule has 0 bridgehead atoms. The van der Waals surface area contributed by atoms with Crippen molar-refractivity contribution >= 4 is 21.7 Å². The molecule has 0 aliphatic rings. The Morgan fingerprint density at radius 1 is 1.62 bits per heavy atom. The summed E-state index contributed by atoms with van der Waals surface area (Å²) in [6.07, 6.45) is 2.83. The first-order valence-corrected chi connectivity index (χ1v) is 6.28. The number of aromatic nitrogens is 2. The van der Waals surface area contributed by atoms with Crippen LogP contribution in [0, 0.1) is 0 Å². The van der Waals surface area contributed by atoms with Crippen LogP contribution in [0.3, 0.4) is 0 Å². The van der Waals surface area contributed by atoms with Gasteiger partial charge in [-0.1, -0.05) is 6.92 Å². The molecule has 0 saturated heterocycles. The highest BCUT2D eigenvalue weighted by atomic mass is 79.9. The number of carbonyl (C=O) groups excluding carboxylic acids is 1. The lowest BCUT2D eigenvalue weighted by Crippen LogP contribution is -2.24. The predicted molar refractivity (Wildman–Crippen MR) is 67.5 cm³/mol. The first kappa shape index (κ1) is 13.4. The van der Waals surface area contributed by atoms with Gasteiger partial charge in [-0.2, -0.15) is 5.10 Å². The fourth-order valence-corrected chi connectivity index (χ4v) is 1.97. The van der Waals surface area contributed by atoms with Gasteiger partial charge < -0.3 is 5.73 Å². The minimum atomic E-state index is -0.0742. The zero-order valence-electron chi connectivity index (χ0n) is 9.90. The van der Waals surface area contributed by atoms with Crippen molar-refractivity contribution in [2.45, 2.75) is 45.7 Å². The molecule has 4 nitrogen and oxygen atoms in total. The number of ketones is 1. The van der Waals surface area contributed by atoms with Gasteiger partial charge in [-0.05, 0) is 36.2 Å². The molecule has 0 radical (unpaired) electrons. The van der Waals surface area contributed by atoms with E-state index in [2.05, 4.69) is 21.0 Å². The second-order valence-electron chi connectivity index (χ2n) is 4.18. The summed E-state index contributed by atoms with van der Waals surface area (Å²) in [4.78, 5) is 12.1. The third kappa shape index (κ3) is 2.92. The monoisotopic (exact) mass is 287 g/mol. The lowest BCUT2D eigenvalue weighted by molar-refractivity contribution is 0.0960. The summed E-state index contributed by atoms with van der Waals surface area (Å²) in [5.41, 5.74) is 6.41. The summed E-state index contributed by atoms with van der Waals surface area (Å²) in [7, 11) is 0. The molecule has 1 rings (SSSR count). The molecule has 1 heterocycles. The fourth-order valence-electron chi connectivity index (χ4n) is 1.47. The molecule has 1 aromatic rings. The molecule has 0 spiro atoms. The van der Waals surface area contributed by atoms with Crippen LogP contribution in [0.1, 0.15) is 50.1 Å². The largest absolute Gasteiger partial charge is 0.327 e. The van der Waals surface area contributed by atoms with Crippen LogP contribution >= 0.6 is 15.9 Å². The van der Waals surface area contributed by atoms with Gasteiger partial charge in [0, 0.05) is 18.5 Å². The summed E-state index contributed by atoms with van der Waals surface area (Å²) in [5.74, 6) is 0.0485. The normalized spacial score (nSPS) is 13.1. The SMILES string of the molecule is CCC(N)CC(=O)c1c(Br)cnn1C(C)C. The fraction of sp³-hybridized carbons (Fsp3) is 0.636. The predicted octanol–water partition coefficient (Wildman–Crippen LogP) is 2.54. The van der Waals surface area contributed by atoms with Gasteiger partial charge >= 0.3 is 0 Å². The van der Waals surface area contributed by atoms with Crippen molar-refractivity contribution in [1.82, 2.24) is 9.78 Å². The molecule has 2 N–H and O–H groups in total. The van der Waals surface area contributed by atoms with E-state index in [1.165, 1.54) is 0 Å². The van der Waals surface area contributed by atoms with Gasteiger partial charge in [0.25, 0.3) is 0 Å². The Balaban J connectivity index is 2.94. The van der Waals surface area contributed by atoms with Gasteiger partial charge in [0.05, 0.1) is 10.7 Å². The van der Waals surface area contributed by atoms with Crippen molar-refractivity contribution in [3.05, 3.63) is 16.4 Å². The summed E-state index contributed by atoms with van der Waals surface area (Å²) in [5, 5.41) is 4.18. The van der Waals surface area contributed by atoms with Gasteiger partial charge in [0.15, 0.2) is 5.78 Å². The van der Waals surface area contributed by atoms with Gasteiger partial charge in [-0.15, -0.1) is 0 Å². The molecule has 16 heavy (non-hydrogen) atoms. The van der Waals surface area contributed by atoms with Crippen molar-refractivity contribution in [3.8, 4) is 0 Å². The quantitative estimate of drug-likeness (QED) is 0.847. The van der Waals surface area contributed by atoms with Gasteiger partial charge in [0.2, 0.25) is 0 Å². The Morgan fingerprint density at radius 2 is 2.25 bits per heavy atom. The third-order valence-corrected chi connectivity index (χ3v) is 3.06. The highest BCUT2D eigenvalue weighted by Gasteiger charge is 2.20. The number of nitrogens with two attached hydrogens (primary N) is 1. The first-order valence-electron chi connectivity index (χ1n) is 5.49. The number of nitrogens with zero attached hydrogens (tertiary/aromatic N) is 2. The number of hydrogen-bond donors (Lipinski definition) is 1. The van der Waals surface area contributed by atoms with E-state index in [1.807, 2.05) is 20.8 Å². The van der Waals surface area contributed by atoms with E-state index >= 15 is 0 Å². The second kappa shape index (κ2) is 5.59. The highest BCUT2D eigenvalue weighted by molar-refractivity contribution is 9.10. The van der Waals surface area contributed by atoms with Crippen LogP contribution < -0.4 is 5.73 Å². The molecule has 1 atom stereocenters. The maximum absolute atomic E-state index is 12.1. The van der Waals surface area contributed by atoms with E-state index in [0.717, 1.165) is 10.9 Å². The van der Waals surface area contributed by atoms with Crippen LogP contribution in [-0.4, -0.2) is 21.6 Å². The van der Waals surface area contributed by atoms with E-state index in [1.54, 1.807) is 10.9 Å². The highest BCUT2D eigenvalue weighted by Crippen LogP contribution is 2.21. The van der Waals surface area contributed by atoms with E-state index < -0.39 is 0 Å². The molecular weight excluding hydrogens is 270 g/mol. The molecule has 0 fully saturated rings. The molecule has 0 amide bonds. The molecular formula is C11H18BrN3O. The topological polar surface area (TPSA) is 60.9 Å². The van der Waals surface area contributed by atoms with E-state index in [-0.39, 0.29) is 17.9 Å². The lowest BCUT2D eigenvalue weighted by atomic mass is 10.1. The molecule has 0 aliphatic carbocycles. The number of carbonyl (C=O) groups is 1. The van der Waals surface area contributed by atoms with Gasteiger partial charge in [-0.25, -0.2) is 0 Å². The molecule has 0 aromatic carbocycles. The number of hydrogen-bond acceptors (Lipinski definition) is 3. The molecule has 5 heteroatoms. The average molecular weight is 288 g/mol. The molecule has 0 saturated carbocycles. The zero-order chi connectivity index (χ0) is 12.3. The standard InChI is InChI=1S/C11H18BrN3O/c1-4-8(13)5-10(16)11-9(12)6-14-15(11)7(2)3/h6-8H,4-5,13H2,1-3H3. The van der Waals surface area contributed by atoms with Crippen LogP contribution in [0.15, 0.2) is 10.7 Å². The summed E-state index contributed by atoms with van der Waals surface area (Å²) < 4.78 is 2.48. The zero-order valence-corrected chi connectivity index (χ0v) is 11.5. The average Bonchev–Trinajstić information content (AvgIpc) is 2.59. The van der Waals surface area contributed by atoms with Crippen LogP contribution in [0.5, 0.6) is 0 Å². The van der Waals surface area contributed by atoms with Gasteiger partial charge in [0.1, 0.15) is 5.69 Å². The second-order valence-corrected chi connectivity index (χ2v) is 5.03. The Hall–Kier alpha value is -0.680. The Labute approximate surface area is 104 Å². The van der Waals surface area contributed by atoms with E-state index in [4.69, 9.17) is 5.73 Å². The van der Waals surface area contributed by atoms with Crippen molar-refractivity contribution in [1.29, 1.82) is 0 Å². The van der Waals surface area contributed by atoms with Crippen LogP contribution in [-0.2, 0) is 0 Å². The van der Waals surface area contributed by atoms with E-state index in [0.29, 0.717) is 12.1 Å². The molecule has 90 valence electrons. The minimum Gasteiger partial charge on any atom is -0.327 e. The summed E-state index contributed by atoms with van der Waals surface area (Å²) in [6, 6.07) is 0.0954. The first-order chi connectivity index (χ1) is 7.47. The Bertz CT molecular complexity index is 373. The van der Waals surface area contributed by atoms with Crippen LogP contribution in [0.25, 0.3) is 0 Å². The molecule has 0 aliphatic heterocycles. The van der Waals surface area contributed by atoms with Crippen molar-refractivity contribution in [2.24, 2.45) is 5.73 Å². The van der Waals surface area contributed by atoms with Crippen molar-refractivity contribution in [2.75, 3.05) is 0 Å². The van der Waals surface area contributed by atoms with Crippen molar-refractivity contribution in [3.63, 3.8) is 0 Å². The van der Waals surface area contributed by atoms with E-state index in [9.17, 15) is 4.79 Å². The number of Topliss-reactive ketones (excluding diaryl/α,β-unsaturated/α-hetero) is 1. The maximum Gasteiger partial charge on any atom is 0.183 e. The number of rotatable bonds is 5. The maximum atomic E-state index is 12.1. The minimum absolute atomic E-state index is 0.0485. The third-order valence-electron chi connectivity index (χ3n) is 2.48. The molecule has 1 unspecified atom stereocenters. The van der Waals surface area contributed by atoms with Crippen LogP contribution in [0.2, 0.25) is 0 Å². The number of halogens is 1. The van der Waals surface area contributed by atoms with Crippen LogP contribution in [0.4, 0.5) is 0 Å².